The fraction of sp³-hybridized carbons (Fsp3) is 0.167. The average Bonchev–Trinajstić information content (AvgIpc) is 3.02. The summed E-state index contributed by atoms with van der Waals surface area (Å²) in [5.74, 6) is -0.310. The number of aryl methyl sites for hydroxylation is 1. The van der Waals surface area contributed by atoms with Crippen molar-refractivity contribution >= 4 is 5.82 Å². The van der Waals surface area contributed by atoms with Crippen LogP contribution in [0.5, 0.6) is 0 Å². The number of hydrogen-bond acceptors (Lipinski definition) is 6. The zero-order chi connectivity index (χ0) is 15.9. The van der Waals surface area contributed by atoms with E-state index in [2.05, 4.69) is 20.2 Å². The largest absolute Gasteiger partial charge is 0.435 e. The fourth-order valence-electron chi connectivity index (χ4n) is 1.98. The van der Waals surface area contributed by atoms with Crippen molar-refractivity contribution in [1.82, 2.24) is 24.9 Å². The van der Waals surface area contributed by atoms with Gasteiger partial charge < -0.3 is 10.3 Å². The molecule has 10 heteroatoms. The maximum atomic E-state index is 13.3. The van der Waals surface area contributed by atoms with Crippen LogP contribution >= 0.6 is 0 Å². The molecule has 0 atom stereocenters. The Balaban J connectivity index is 2.29. The van der Waals surface area contributed by atoms with Crippen LogP contribution in [0.25, 0.3) is 17.1 Å². The van der Waals surface area contributed by atoms with E-state index in [4.69, 9.17) is 10.3 Å². The van der Waals surface area contributed by atoms with Crippen molar-refractivity contribution in [2.75, 3.05) is 5.73 Å². The molecule has 2 N–H and O–H groups in total. The molecule has 0 aliphatic carbocycles. The minimum Gasteiger partial charge on any atom is -0.383 e. The number of nitrogens with two attached hydrogens (primary N) is 1. The number of nitrogens with zero attached hydrogens (tertiary/aromatic N) is 5. The predicted molar refractivity (Wildman–Crippen MR) is 68.8 cm³/mol. The molecule has 0 amide bonds. The van der Waals surface area contributed by atoms with Crippen molar-refractivity contribution in [3.8, 4) is 17.1 Å². The van der Waals surface area contributed by atoms with E-state index in [1.54, 1.807) is 0 Å². The van der Waals surface area contributed by atoms with E-state index < -0.39 is 11.9 Å². The van der Waals surface area contributed by atoms with E-state index in [1.807, 2.05) is 0 Å². The summed E-state index contributed by atoms with van der Waals surface area (Å²) >= 11 is 0. The van der Waals surface area contributed by atoms with E-state index in [0.717, 1.165) is 10.9 Å². The van der Waals surface area contributed by atoms with Crippen LogP contribution < -0.4 is 5.73 Å². The van der Waals surface area contributed by atoms with Crippen LogP contribution in [-0.4, -0.2) is 24.9 Å². The molecule has 0 unspecified atom stereocenters. The molecular weight excluding hydrogens is 301 g/mol. The quantitative estimate of drug-likeness (QED) is 0.779. The monoisotopic (exact) mass is 310 g/mol. The van der Waals surface area contributed by atoms with Gasteiger partial charge in [-0.25, -0.2) is 9.97 Å². The second kappa shape index (κ2) is 4.83. The number of hydrogen-bond donors (Lipinski definition) is 1. The number of nitrogen functional groups attached to an aromatic ring is 1. The number of halogens is 3. The Labute approximate surface area is 121 Å². The van der Waals surface area contributed by atoms with Crippen molar-refractivity contribution in [1.29, 1.82) is 0 Å². The molecule has 3 aromatic rings. The first-order chi connectivity index (χ1) is 10.4. The second-order valence-electron chi connectivity index (χ2n) is 4.38. The highest BCUT2D eigenvalue weighted by molar-refractivity contribution is 5.78. The lowest BCUT2D eigenvalue weighted by molar-refractivity contribution is -0.140. The molecule has 0 saturated carbocycles. The Morgan fingerprint density at radius 2 is 1.91 bits per heavy atom. The van der Waals surface area contributed by atoms with Crippen LogP contribution in [0.1, 0.15) is 11.4 Å². The van der Waals surface area contributed by atoms with Gasteiger partial charge in [-0.15, -0.1) is 0 Å². The minimum absolute atomic E-state index is 0.0640. The molecule has 0 bridgehead atoms. The second-order valence-corrected chi connectivity index (χ2v) is 4.38. The molecule has 0 saturated heterocycles. The fourth-order valence-corrected chi connectivity index (χ4v) is 1.98. The van der Waals surface area contributed by atoms with Crippen LogP contribution in [-0.2, 0) is 6.18 Å². The maximum absolute atomic E-state index is 13.3. The van der Waals surface area contributed by atoms with Gasteiger partial charge in [-0.1, -0.05) is 5.16 Å². The number of rotatable bonds is 2. The van der Waals surface area contributed by atoms with E-state index in [0.29, 0.717) is 0 Å². The zero-order valence-corrected chi connectivity index (χ0v) is 11.2. The molecule has 114 valence electrons. The van der Waals surface area contributed by atoms with Crippen LogP contribution in [0, 0.1) is 6.92 Å². The Morgan fingerprint density at radius 3 is 2.45 bits per heavy atom. The molecule has 22 heavy (non-hydrogen) atoms. The summed E-state index contributed by atoms with van der Waals surface area (Å²) in [6, 6.07) is 1.53. The van der Waals surface area contributed by atoms with Gasteiger partial charge in [-0.3, -0.25) is 0 Å². The lowest BCUT2D eigenvalue weighted by Gasteiger charge is -2.05. The van der Waals surface area contributed by atoms with Gasteiger partial charge in [-0.2, -0.15) is 23.0 Å². The molecule has 0 aromatic carbocycles. The summed E-state index contributed by atoms with van der Waals surface area (Å²) in [5.41, 5.74) is 4.77. The number of anilines is 1. The third-order valence-corrected chi connectivity index (χ3v) is 2.95. The molecule has 3 rings (SSSR count). The average molecular weight is 310 g/mol. The SMILES string of the molecule is Cc1nocc1-c1c(C(F)(F)F)nn(-c2ncccn2)c1N. The Hall–Kier alpha value is -2.91. The van der Waals surface area contributed by atoms with E-state index in [-0.39, 0.29) is 28.6 Å². The summed E-state index contributed by atoms with van der Waals surface area (Å²) in [7, 11) is 0. The van der Waals surface area contributed by atoms with Crippen LogP contribution in [0.3, 0.4) is 0 Å². The first-order valence-corrected chi connectivity index (χ1v) is 6.04. The normalized spacial score (nSPS) is 11.8. The highest BCUT2D eigenvalue weighted by atomic mass is 19.4. The topological polar surface area (TPSA) is 95.6 Å². The smallest absolute Gasteiger partial charge is 0.383 e. The molecule has 0 fully saturated rings. The van der Waals surface area contributed by atoms with Crippen molar-refractivity contribution in [2.45, 2.75) is 13.1 Å². The molecule has 0 radical (unpaired) electrons. The summed E-state index contributed by atoms with van der Waals surface area (Å²) < 4.78 is 45.3. The lowest BCUT2D eigenvalue weighted by Crippen LogP contribution is -2.09. The molecule has 3 aromatic heterocycles. The van der Waals surface area contributed by atoms with Gasteiger partial charge in [0.2, 0.25) is 0 Å². The van der Waals surface area contributed by atoms with E-state index in [9.17, 15) is 13.2 Å². The van der Waals surface area contributed by atoms with Gasteiger partial charge in [0.1, 0.15) is 12.1 Å². The van der Waals surface area contributed by atoms with Crippen molar-refractivity contribution in [3.05, 3.63) is 36.1 Å². The van der Waals surface area contributed by atoms with Crippen LogP contribution in [0.4, 0.5) is 19.0 Å². The van der Waals surface area contributed by atoms with Gasteiger partial charge in [0.25, 0.3) is 5.95 Å². The summed E-state index contributed by atoms with van der Waals surface area (Å²) in [5, 5.41) is 7.09. The van der Waals surface area contributed by atoms with Crippen molar-refractivity contribution in [3.63, 3.8) is 0 Å². The number of alkyl halides is 3. The van der Waals surface area contributed by atoms with Gasteiger partial charge in [0, 0.05) is 12.4 Å². The summed E-state index contributed by atoms with van der Waals surface area (Å²) in [6.45, 7) is 1.51. The molecule has 0 aliphatic rings. The highest BCUT2D eigenvalue weighted by Crippen LogP contribution is 2.41. The number of aromatic nitrogens is 5. The lowest BCUT2D eigenvalue weighted by atomic mass is 10.1. The molecule has 7 nitrogen and oxygen atoms in total. The van der Waals surface area contributed by atoms with E-state index >= 15 is 0 Å². The third-order valence-electron chi connectivity index (χ3n) is 2.95. The molecule has 0 spiro atoms. The standard InChI is InChI=1S/C12H9F3N6O/c1-6-7(5-22-20-6)8-9(12(13,14)15)19-21(10(8)16)11-17-3-2-4-18-11/h2-5H,16H2,1H3. The molecule has 0 aliphatic heterocycles. The minimum atomic E-state index is -4.70. The van der Waals surface area contributed by atoms with Gasteiger partial charge in [0.05, 0.1) is 16.8 Å². The van der Waals surface area contributed by atoms with Crippen molar-refractivity contribution < 1.29 is 17.7 Å². The zero-order valence-electron chi connectivity index (χ0n) is 11.2. The van der Waals surface area contributed by atoms with Gasteiger partial charge in [-0.05, 0) is 13.0 Å². The Bertz CT molecular complexity index is 808. The maximum Gasteiger partial charge on any atom is 0.435 e. The summed E-state index contributed by atoms with van der Waals surface area (Å²) in [4.78, 5) is 7.71. The van der Waals surface area contributed by atoms with Crippen LogP contribution in [0.2, 0.25) is 0 Å². The van der Waals surface area contributed by atoms with E-state index in [1.165, 1.54) is 25.4 Å². The third kappa shape index (κ3) is 2.18. The predicted octanol–water partition coefficient (Wildman–Crippen LogP) is 2.23. The van der Waals surface area contributed by atoms with Gasteiger partial charge >= 0.3 is 6.18 Å². The van der Waals surface area contributed by atoms with Gasteiger partial charge in [0.15, 0.2) is 5.69 Å². The Morgan fingerprint density at radius 1 is 1.23 bits per heavy atom. The van der Waals surface area contributed by atoms with Crippen LogP contribution in [0.15, 0.2) is 29.2 Å². The Kier molecular flexibility index (Phi) is 3.08. The summed E-state index contributed by atoms with van der Waals surface area (Å²) in [6.07, 6.45) is -0.858. The molecular formula is C12H9F3N6O. The molecule has 3 heterocycles. The first-order valence-electron chi connectivity index (χ1n) is 6.04. The van der Waals surface area contributed by atoms with Crippen molar-refractivity contribution in [2.24, 2.45) is 0 Å². The highest BCUT2D eigenvalue weighted by Gasteiger charge is 2.40. The first kappa shape index (κ1) is 14.0.